The molecule has 1 spiro atoms. The van der Waals surface area contributed by atoms with Crippen molar-refractivity contribution in [2.24, 2.45) is 5.41 Å². The van der Waals surface area contributed by atoms with Crippen LogP contribution in [0.1, 0.15) is 68.1 Å². The van der Waals surface area contributed by atoms with E-state index >= 15 is 0 Å². The number of carbonyl (C=O) groups is 2. The third-order valence-corrected chi connectivity index (χ3v) is 8.56. The quantitative estimate of drug-likeness (QED) is 0.593. The molecular weight excluding hydrogens is 482 g/mol. The summed E-state index contributed by atoms with van der Waals surface area (Å²) in [5, 5.41) is 5.28. The van der Waals surface area contributed by atoms with Crippen LogP contribution in [-0.2, 0) is 4.79 Å². The van der Waals surface area contributed by atoms with E-state index in [4.69, 9.17) is 9.72 Å². The first-order valence-corrected chi connectivity index (χ1v) is 13.9. The van der Waals surface area contributed by atoms with E-state index in [2.05, 4.69) is 20.6 Å². The number of rotatable bonds is 6. The number of anilines is 4. The largest absolute Gasteiger partial charge is 0.495 e. The zero-order valence-corrected chi connectivity index (χ0v) is 22.3. The lowest BCUT2D eigenvalue weighted by Gasteiger charge is -2.31. The molecule has 3 heterocycles. The minimum Gasteiger partial charge on any atom is -0.495 e. The molecule has 202 valence electrons. The van der Waals surface area contributed by atoms with Crippen molar-refractivity contribution in [3.63, 3.8) is 0 Å². The third kappa shape index (κ3) is 4.66. The van der Waals surface area contributed by atoms with Gasteiger partial charge < -0.3 is 19.9 Å². The van der Waals surface area contributed by atoms with E-state index < -0.39 is 0 Å². The maximum atomic E-state index is 13.3. The van der Waals surface area contributed by atoms with Gasteiger partial charge in [-0.15, -0.1) is 0 Å². The van der Waals surface area contributed by atoms with Crippen molar-refractivity contribution in [3.05, 3.63) is 30.0 Å². The molecule has 4 aliphatic rings. The van der Waals surface area contributed by atoms with E-state index in [0.717, 1.165) is 63.1 Å². The minimum atomic E-state index is -0.292. The van der Waals surface area contributed by atoms with Gasteiger partial charge in [0.05, 0.1) is 24.4 Å². The van der Waals surface area contributed by atoms with Gasteiger partial charge in [-0.2, -0.15) is 4.98 Å². The Hall–Kier alpha value is -3.40. The number of nitrogens with zero attached hydrogens (tertiary/aromatic N) is 5. The second-order valence-electron chi connectivity index (χ2n) is 11.1. The number of benzene rings is 1. The van der Waals surface area contributed by atoms with Crippen molar-refractivity contribution in [2.75, 3.05) is 48.9 Å². The SMILES string of the molecule is COc1cc(C(=O)NN2CCCCC2)ccc1Nc1ncc2c(n1)N(C1CCCC1)CC1(CC1)C(=O)N2C. The lowest BCUT2D eigenvalue weighted by Crippen LogP contribution is -2.45. The molecule has 38 heavy (non-hydrogen) atoms. The normalized spacial score (nSPS) is 21.3. The summed E-state index contributed by atoms with van der Waals surface area (Å²) in [4.78, 5) is 39.8. The summed E-state index contributed by atoms with van der Waals surface area (Å²) in [7, 11) is 3.43. The van der Waals surface area contributed by atoms with Gasteiger partial charge in [0.2, 0.25) is 11.9 Å². The summed E-state index contributed by atoms with van der Waals surface area (Å²) >= 11 is 0. The number of amides is 2. The van der Waals surface area contributed by atoms with Crippen molar-refractivity contribution >= 4 is 35.0 Å². The fourth-order valence-electron chi connectivity index (χ4n) is 6.12. The summed E-state index contributed by atoms with van der Waals surface area (Å²) in [5.74, 6) is 1.80. The topological polar surface area (TPSA) is 103 Å². The number of methoxy groups -OCH3 is 1. The van der Waals surface area contributed by atoms with Crippen molar-refractivity contribution in [2.45, 2.75) is 63.8 Å². The molecule has 2 aromatic rings. The number of hydrogen-bond donors (Lipinski definition) is 2. The van der Waals surface area contributed by atoms with Crippen LogP contribution in [0.2, 0.25) is 0 Å². The highest BCUT2D eigenvalue weighted by Crippen LogP contribution is 2.52. The Morgan fingerprint density at radius 3 is 2.58 bits per heavy atom. The van der Waals surface area contributed by atoms with Crippen LogP contribution in [-0.4, -0.2) is 66.6 Å². The Morgan fingerprint density at radius 2 is 1.87 bits per heavy atom. The molecule has 0 bridgehead atoms. The third-order valence-electron chi connectivity index (χ3n) is 8.56. The van der Waals surface area contributed by atoms with Crippen LogP contribution in [0.4, 0.5) is 23.1 Å². The molecule has 2 N–H and O–H groups in total. The van der Waals surface area contributed by atoms with E-state index in [1.165, 1.54) is 19.3 Å². The second-order valence-corrected chi connectivity index (χ2v) is 11.1. The number of ether oxygens (including phenoxy) is 1. The van der Waals surface area contributed by atoms with E-state index in [0.29, 0.717) is 35.5 Å². The van der Waals surface area contributed by atoms with Gasteiger partial charge >= 0.3 is 0 Å². The smallest absolute Gasteiger partial charge is 0.265 e. The molecule has 0 unspecified atom stereocenters. The summed E-state index contributed by atoms with van der Waals surface area (Å²) in [5.41, 5.74) is 4.67. The molecule has 2 aliphatic carbocycles. The molecule has 2 amide bonds. The van der Waals surface area contributed by atoms with Gasteiger partial charge in [-0.05, 0) is 56.7 Å². The predicted octanol–water partition coefficient (Wildman–Crippen LogP) is 3.87. The van der Waals surface area contributed by atoms with Gasteiger partial charge in [0, 0.05) is 38.3 Å². The monoisotopic (exact) mass is 519 g/mol. The van der Waals surface area contributed by atoms with E-state index in [1.807, 2.05) is 18.1 Å². The molecule has 0 atom stereocenters. The molecule has 2 saturated carbocycles. The highest BCUT2D eigenvalue weighted by molar-refractivity contribution is 6.03. The summed E-state index contributed by atoms with van der Waals surface area (Å²) in [6.07, 6.45) is 11.7. The summed E-state index contributed by atoms with van der Waals surface area (Å²) in [6.45, 7) is 2.46. The Labute approximate surface area is 223 Å². The average Bonchev–Trinajstić information content (AvgIpc) is 3.55. The highest BCUT2D eigenvalue weighted by atomic mass is 16.5. The van der Waals surface area contributed by atoms with Crippen molar-refractivity contribution in [3.8, 4) is 5.75 Å². The average molecular weight is 520 g/mol. The number of nitrogens with one attached hydrogen (secondary N) is 2. The van der Waals surface area contributed by atoms with Crippen LogP contribution >= 0.6 is 0 Å². The molecular formula is C28H37N7O3. The molecule has 10 heteroatoms. The van der Waals surface area contributed by atoms with Gasteiger partial charge in [0.15, 0.2) is 5.82 Å². The first-order chi connectivity index (χ1) is 18.5. The molecule has 3 fully saturated rings. The zero-order chi connectivity index (χ0) is 26.3. The van der Waals surface area contributed by atoms with Gasteiger partial charge in [-0.3, -0.25) is 15.0 Å². The standard InChI is InChI=1S/C28H37N7O3/c1-33-22-17-29-27(31-24(22)35(20-8-4-5-9-20)18-28(12-13-28)26(33)37)30-21-11-10-19(16-23(21)38-2)25(36)32-34-14-6-3-7-15-34/h10-11,16-17,20H,3-9,12-15,18H2,1-2H3,(H,32,36)(H,29,30,31). The van der Waals surface area contributed by atoms with Crippen LogP contribution in [0, 0.1) is 5.41 Å². The molecule has 1 aromatic heterocycles. The van der Waals surface area contributed by atoms with E-state index in [9.17, 15) is 9.59 Å². The molecule has 0 radical (unpaired) electrons. The number of aromatic nitrogens is 2. The molecule has 2 aliphatic heterocycles. The van der Waals surface area contributed by atoms with Crippen LogP contribution in [0.15, 0.2) is 24.4 Å². The lowest BCUT2D eigenvalue weighted by molar-refractivity contribution is -0.122. The van der Waals surface area contributed by atoms with Gasteiger partial charge in [0.25, 0.3) is 5.91 Å². The van der Waals surface area contributed by atoms with Crippen LogP contribution < -0.4 is 25.3 Å². The number of fused-ring (bicyclic) bond motifs is 1. The highest BCUT2D eigenvalue weighted by Gasteiger charge is 2.55. The maximum absolute atomic E-state index is 13.3. The molecule has 1 aromatic carbocycles. The number of piperidine rings is 1. The first-order valence-electron chi connectivity index (χ1n) is 13.9. The van der Waals surface area contributed by atoms with Crippen molar-refractivity contribution in [1.29, 1.82) is 0 Å². The molecule has 6 rings (SSSR count). The first kappa shape index (κ1) is 24.9. The lowest BCUT2D eigenvalue weighted by atomic mass is 10.0. The number of hydrogen-bond acceptors (Lipinski definition) is 8. The van der Waals surface area contributed by atoms with Gasteiger partial charge in [-0.1, -0.05) is 19.3 Å². The van der Waals surface area contributed by atoms with Crippen LogP contribution in [0.3, 0.4) is 0 Å². The fraction of sp³-hybridized carbons (Fsp3) is 0.571. The summed E-state index contributed by atoms with van der Waals surface area (Å²) in [6, 6.07) is 5.73. The predicted molar refractivity (Wildman–Crippen MR) is 146 cm³/mol. The zero-order valence-electron chi connectivity index (χ0n) is 22.3. The van der Waals surface area contributed by atoms with Crippen molar-refractivity contribution < 1.29 is 14.3 Å². The van der Waals surface area contributed by atoms with Gasteiger partial charge in [0.1, 0.15) is 11.4 Å². The fourth-order valence-corrected chi connectivity index (χ4v) is 6.12. The summed E-state index contributed by atoms with van der Waals surface area (Å²) < 4.78 is 5.63. The second kappa shape index (κ2) is 10.1. The van der Waals surface area contributed by atoms with Crippen LogP contribution in [0.25, 0.3) is 0 Å². The maximum Gasteiger partial charge on any atom is 0.265 e. The van der Waals surface area contributed by atoms with Gasteiger partial charge in [-0.25, -0.2) is 9.99 Å². The Morgan fingerprint density at radius 1 is 1.11 bits per heavy atom. The van der Waals surface area contributed by atoms with E-state index in [1.54, 1.807) is 30.3 Å². The Kier molecular flexibility index (Phi) is 6.59. The Bertz CT molecular complexity index is 1220. The number of hydrazine groups is 1. The minimum absolute atomic E-state index is 0.146. The molecule has 10 nitrogen and oxygen atoms in total. The van der Waals surface area contributed by atoms with Crippen molar-refractivity contribution in [1.82, 2.24) is 20.4 Å². The van der Waals surface area contributed by atoms with Crippen LogP contribution in [0.5, 0.6) is 5.75 Å². The Balaban J connectivity index is 1.26. The molecule has 1 saturated heterocycles. The van der Waals surface area contributed by atoms with E-state index in [-0.39, 0.29) is 17.2 Å². The number of carbonyl (C=O) groups excluding carboxylic acids is 2.